The Balaban J connectivity index is 2.73. The molecule has 4 nitrogen and oxygen atoms in total. The van der Waals surface area contributed by atoms with Crippen molar-refractivity contribution < 1.29 is 19.0 Å². The normalized spacial score (nSPS) is 10.5. The molecule has 0 unspecified atom stereocenters. The minimum Gasteiger partial charge on any atom is -0.493 e. The van der Waals surface area contributed by atoms with Crippen LogP contribution >= 0.6 is 0 Å². The highest BCUT2D eigenvalue weighted by atomic mass is 16.5. The molecular weight excluding hydrogens is 244 g/mol. The lowest BCUT2D eigenvalue weighted by Crippen LogP contribution is -2.01. The van der Waals surface area contributed by atoms with Gasteiger partial charge in [0.1, 0.15) is 0 Å². The molecule has 0 N–H and O–H groups in total. The number of esters is 1. The van der Waals surface area contributed by atoms with Crippen molar-refractivity contribution >= 4 is 12.0 Å². The van der Waals surface area contributed by atoms with Crippen LogP contribution in [0.3, 0.4) is 0 Å². The molecule has 0 amide bonds. The van der Waals surface area contributed by atoms with Gasteiger partial charge in [-0.3, -0.25) is 0 Å². The van der Waals surface area contributed by atoms with E-state index in [1.165, 1.54) is 6.08 Å². The fraction of sp³-hybridized carbons (Fsp3) is 0.400. The molecule has 0 saturated carbocycles. The zero-order valence-corrected chi connectivity index (χ0v) is 11.6. The van der Waals surface area contributed by atoms with E-state index in [-0.39, 0.29) is 5.97 Å². The molecule has 0 atom stereocenters. The predicted molar refractivity (Wildman–Crippen MR) is 74.4 cm³/mol. The molecule has 0 spiro atoms. The lowest BCUT2D eigenvalue weighted by atomic mass is 10.1. The van der Waals surface area contributed by atoms with Crippen LogP contribution in [-0.4, -0.2) is 26.8 Å². The first kappa shape index (κ1) is 15.1. The first-order chi connectivity index (χ1) is 9.22. The summed E-state index contributed by atoms with van der Waals surface area (Å²) in [5.74, 6) is 0.880. The zero-order valence-electron chi connectivity index (χ0n) is 11.6. The number of para-hydroxylation sites is 1. The van der Waals surface area contributed by atoms with Crippen molar-refractivity contribution in [3.8, 4) is 11.5 Å². The van der Waals surface area contributed by atoms with Crippen LogP contribution in [0.15, 0.2) is 24.3 Å². The molecule has 19 heavy (non-hydrogen) atoms. The fourth-order valence-corrected chi connectivity index (χ4v) is 1.57. The minimum atomic E-state index is -0.349. The summed E-state index contributed by atoms with van der Waals surface area (Å²) in [5, 5.41) is 0. The van der Waals surface area contributed by atoms with Gasteiger partial charge in [0.2, 0.25) is 0 Å². The molecule has 0 fully saturated rings. The monoisotopic (exact) mass is 264 g/mol. The molecule has 0 bridgehead atoms. The predicted octanol–water partition coefficient (Wildman–Crippen LogP) is 3.06. The van der Waals surface area contributed by atoms with E-state index in [1.807, 2.05) is 19.1 Å². The van der Waals surface area contributed by atoms with E-state index in [2.05, 4.69) is 0 Å². The molecule has 1 rings (SSSR count). The largest absolute Gasteiger partial charge is 0.493 e. The first-order valence-electron chi connectivity index (χ1n) is 6.28. The Hall–Kier alpha value is -1.97. The van der Waals surface area contributed by atoms with Crippen LogP contribution in [0, 0.1) is 0 Å². The molecular formula is C15H20O4. The van der Waals surface area contributed by atoms with Crippen molar-refractivity contribution in [2.24, 2.45) is 0 Å². The van der Waals surface area contributed by atoms with Crippen LogP contribution < -0.4 is 9.47 Å². The zero-order chi connectivity index (χ0) is 14.1. The highest BCUT2D eigenvalue weighted by Gasteiger charge is 2.07. The van der Waals surface area contributed by atoms with Crippen LogP contribution in [0.2, 0.25) is 0 Å². The summed E-state index contributed by atoms with van der Waals surface area (Å²) in [6.45, 7) is 2.50. The Labute approximate surface area is 114 Å². The van der Waals surface area contributed by atoms with Crippen molar-refractivity contribution in [1.29, 1.82) is 0 Å². The third kappa shape index (κ3) is 4.66. The second-order valence-electron chi connectivity index (χ2n) is 3.94. The number of hydrogen-bond donors (Lipinski definition) is 0. The molecule has 0 aliphatic carbocycles. The van der Waals surface area contributed by atoms with E-state index in [0.717, 1.165) is 18.4 Å². The Morgan fingerprint density at radius 3 is 2.68 bits per heavy atom. The molecule has 1 aromatic rings. The molecule has 0 heterocycles. The second kappa shape index (κ2) is 8.19. The van der Waals surface area contributed by atoms with Gasteiger partial charge in [-0.2, -0.15) is 0 Å². The van der Waals surface area contributed by atoms with Gasteiger partial charge in [-0.15, -0.1) is 0 Å². The van der Waals surface area contributed by atoms with Crippen LogP contribution in [0.5, 0.6) is 11.5 Å². The Morgan fingerprint density at radius 2 is 2.05 bits per heavy atom. The molecule has 1 aromatic carbocycles. The fourth-order valence-electron chi connectivity index (χ4n) is 1.57. The number of carbonyl (C=O) groups is 1. The molecule has 0 saturated heterocycles. The summed E-state index contributed by atoms with van der Waals surface area (Å²) in [5.41, 5.74) is 0.772. The van der Waals surface area contributed by atoms with Crippen molar-refractivity contribution in [1.82, 2.24) is 0 Å². The minimum absolute atomic E-state index is 0.349. The number of carbonyl (C=O) groups excluding carboxylic acids is 1. The molecule has 104 valence electrons. The number of methoxy groups -OCH3 is 2. The topological polar surface area (TPSA) is 44.8 Å². The number of hydrogen-bond acceptors (Lipinski definition) is 4. The molecule has 0 aliphatic rings. The van der Waals surface area contributed by atoms with Gasteiger partial charge in [0.15, 0.2) is 11.5 Å². The molecule has 0 aliphatic heterocycles. The summed E-state index contributed by atoms with van der Waals surface area (Å²) in [4.78, 5) is 11.5. The molecule has 0 radical (unpaired) electrons. The van der Waals surface area contributed by atoms with E-state index in [0.29, 0.717) is 18.1 Å². The lowest BCUT2D eigenvalue weighted by Gasteiger charge is -2.09. The van der Waals surface area contributed by atoms with Crippen molar-refractivity contribution in [2.75, 3.05) is 20.8 Å². The van der Waals surface area contributed by atoms with Crippen LogP contribution in [0.4, 0.5) is 0 Å². The summed E-state index contributed by atoms with van der Waals surface area (Å²) in [6, 6.07) is 5.48. The average molecular weight is 264 g/mol. The van der Waals surface area contributed by atoms with Crippen LogP contribution in [-0.2, 0) is 9.53 Å². The lowest BCUT2D eigenvalue weighted by molar-refractivity contribution is -0.137. The van der Waals surface area contributed by atoms with Gasteiger partial charge in [-0.1, -0.05) is 25.5 Å². The van der Waals surface area contributed by atoms with E-state index < -0.39 is 0 Å². The maximum atomic E-state index is 11.5. The number of unbranched alkanes of at least 4 members (excludes halogenated alkanes) is 1. The Bertz CT molecular complexity index is 438. The van der Waals surface area contributed by atoms with E-state index in [4.69, 9.17) is 14.2 Å². The molecule has 0 aromatic heterocycles. The molecule has 4 heteroatoms. The second-order valence-corrected chi connectivity index (χ2v) is 3.94. The van der Waals surface area contributed by atoms with E-state index in [1.54, 1.807) is 26.4 Å². The quantitative estimate of drug-likeness (QED) is 0.431. The SMILES string of the molecule is CCCCOC(=O)C=Cc1cccc(OC)c1OC. The van der Waals surface area contributed by atoms with Crippen LogP contribution in [0.1, 0.15) is 25.3 Å². The first-order valence-corrected chi connectivity index (χ1v) is 6.28. The van der Waals surface area contributed by atoms with E-state index in [9.17, 15) is 4.79 Å². The highest BCUT2D eigenvalue weighted by molar-refractivity contribution is 5.87. The Kier molecular flexibility index (Phi) is 6.50. The summed E-state index contributed by atoms with van der Waals surface area (Å²) in [6.07, 6.45) is 4.94. The van der Waals surface area contributed by atoms with Gasteiger partial charge in [-0.25, -0.2) is 4.79 Å². The number of rotatable bonds is 7. The number of ether oxygens (including phenoxy) is 3. The van der Waals surface area contributed by atoms with Gasteiger partial charge in [-0.05, 0) is 18.6 Å². The third-order valence-electron chi connectivity index (χ3n) is 2.57. The van der Waals surface area contributed by atoms with Crippen molar-refractivity contribution in [3.05, 3.63) is 29.8 Å². The third-order valence-corrected chi connectivity index (χ3v) is 2.57. The van der Waals surface area contributed by atoms with Gasteiger partial charge in [0.05, 0.1) is 20.8 Å². The standard InChI is InChI=1S/C15H20O4/c1-4-5-11-19-14(16)10-9-12-7-6-8-13(17-2)15(12)18-3/h6-10H,4-5,11H2,1-3H3. The summed E-state index contributed by atoms with van der Waals surface area (Å²) in [7, 11) is 3.14. The Morgan fingerprint density at radius 1 is 1.26 bits per heavy atom. The van der Waals surface area contributed by atoms with Gasteiger partial charge < -0.3 is 14.2 Å². The van der Waals surface area contributed by atoms with Gasteiger partial charge >= 0.3 is 5.97 Å². The maximum Gasteiger partial charge on any atom is 0.330 e. The average Bonchev–Trinajstić information content (AvgIpc) is 2.44. The van der Waals surface area contributed by atoms with Gasteiger partial charge in [0.25, 0.3) is 0 Å². The summed E-state index contributed by atoms with van der Waals surface area (Å²) < 4.78 is 15.5. The summed E-state index contributed by atoms with van der Waals surface area (Å²) >= 11 is 0. The van der Waals surface area contributed by atoms with Crippen molar-refractivity contribution in [3.63, 3.8) is 0 Å². The smallest absolute Gasteiger partial charge is 0.330 e. The number of benzene rings is 1. The van der Waals surface area contributed by atoms with Crippen molar-refractivity contribution in [2.45, 2.75) is 19.8 Å². The van der Waals surface area contributed by atoms with Gasteiger partial charge in [0, 0.05) is 11.6 Å². The van der Waals surface area contributed by atoms with Crippen LogP contribution in [0.25, 0.3) is 6.08 Å². The maximum absolute atomic E-state index is 11.5. The van der Waals surface area contributed by atoms with E-state index >= 15 is 0 Å². The highest BCUT2D eigenvalue weighted by Crippen LogP contribution is 2.31.